The van der Waals surface area contributed by atoms with Crippen LogP contribution >= 0.6 is 0 Å². The third kappa shape index (κ3) is 9.17. The van der Waals surface area contributed by atoms with Gasteiger partial charge in [0.25, 0.3) is 0 Å². The Morgan fingerprint density at radius 1 is 0.884 bits per heavy atom. The molecule has 2 unspecified atom stereocenters. The number of aromatic nitrogens is 1. The monoisotopic (exact) mass is 589 g/mol. The predicted octanol–water partition coefficient (Wildman–Crippen LogP) is 9.53. The second-order valence-electron chi connectivity index (χ2n) is 14.2. The maximum atomic E-state index is 12.7. The second-order valence-corrected chi connectivity index (χ2v) is 14.2. The number of rotatable bonds is 17. The van der Waals surface area contributed by atoms with Crippen LogP contribution in [0.5, 0.6) is 5.75 Å². The standard InChI is InChI=1S/C37H51NO5/c1-35(2,3)26-36(4)27-37(36,5)34(40)42-23-15-13-11-9-7-6-8-10-12-14-22-41-30-18-16-28(17-19-30)31-24-29-20-21-38-25-32(29)43-33(31)39/h16-21,24-25H,6-15,22-23,26-27H2,1-5H3. The predicted molar refractivity (Wildman–Crippen MR) is 173 cm³/mol. The van der Waals surface area contributed by atoms with Crippen molar-refractivity contribution in [2.45, 2.75) is 112 Å². The molecule has 0 aliphatic heterocycles. The molecular weight excluding hydrogens is 538 g/mol. The van der Waals surface area contributed by atoms with Gasteiger partial charge < -0.3 is 13.9 Å². The lowest BCUT2D eigenvalue weighted by Crippen LogP contribution is -2.25. The van der Waals surface area contributed by atoms with Gasteiger partial charge in [0.15, 0.2) is 5.58 Å². The lowest BCUT2D eigenvalue weighted by Gasteiger charge is -2.26. The first-order chi connectivity index (χ1) is 20.5. The summed E-state index contributed by atoms with van der Waals surface area (Å²) in [4.78, 5) is 29.0. The molecule has 1 aromatic carbocycles. The Bertz CT molecular complexity index is 1390. The number of carbonyl (C=O) groups excluding carboxylic acids is 1. The highest BCUT2D eigenvalue weighted by Crippen LogP contribution is 2.68. The van der Waals surface area contributed by atoms with Crippen molar-refractivity contribution in [3.05, 3.63) is 59.2 Å². The molecule has 2 aromatic heterocycles. The molecule has 3 aromatic rings. The van der Waals surface area contributed by atoms with E-state index >= 15 is 0 Å². The minimum Gasteiger partial charge on any atom is -0.494 e. The molecule has 0 amide bonds. The number of hydrogen-bond donors (Lipinski definition) is 0. The first-order valence-electron chi connectivity index (χ1n) is 16.3. The molecule has 6 heteroatoms. The molecule has 43 heavy (non-hydrogen) atoms. The highest BCUT2D eigenvalue weighted by Gasteiger charge is 2.67. The van der Waals surface area contributed by atoms with Crippen molar-refractivity contribution in [1.82, 2.24) is 4.98 Å². The van der Waals surface area contributed by atoms with E-state index in [9.17, 15) is 9.59 Å². The van der Waals surface area contributed by atoms with Crippen molar-refractivity contribution in [2.24, 2.45) is 16.2 Å². The van der Waals surface area contributed by atoms with Crippen LogP contribution in [0.15, 0.2) is 58.0 Å². The topological polar surface area (TPSA) is 78.6 Å². The number of hydrogen-bond acceptors (Lipinski definition) is 6. The maximum absolute atomic E-state index is 12.7. The fraction of sp³-hybridized carbons (Fsp3) is 0.595. The van der Waals surface area contributed by atoms with Crippen LogP contribution in [0.25, 0.3) is 22.1 Å². The van der Waals surface area contributed by atoms with Crippen LogP contribution in [0.2, 0.25) is 0 Å². The molecule has 6 nitrogen and oxygen atoms in total. The summed E-state index contributed by atoms with van der Waals surface area (Å²) >= 11 is 0. The summed E-state index contributed by atoms with van der Waals surface area (Å²) < 4.78 is 17.0. The molecule has 4 rings (SSSR count). The van der Waals surface area contributed by atoms with Gasteiger partial charge in [-0.15, -0.1) is 0 Å². The summed E-state index contributed by atoms with van der Waals surface area (Å²) in [5, 5.41) is 0.849. The van der Waals surface area contributed by atoms with Crippen molar-refractivity contribution in [2.75, 3.05) is 13.2 Å². The van der Waals surface area contributed by atoms with Gasteiger partial charge in [-0.05, 0) is 73.3 Å². The summed E-state index contributed by atoms with van der Waals surface area (Å²) in [6.45, 7) is 12.3. The molecule has 1 aliphatic carbocycles. The number of nitrogens with zero attached hydrogens (tertiary/aromatic N) is 1. The van der Waals surface area contributed by atoms with Gasteiger partial charge in [0.2, 0.25) is 0 Å². The van der Waals surface area contributed by atoms with Gasteiger partial charge >= 0.3 is 11.6 Å². The second kappa shape index (κ2) is 14.5. The molecule has 0 N–H and O–H groups in total. The van der Waals surface area contributed by atoms with Crippen molar-refractivity contribution < 1.29 is 18.7 Å². The van der Waals surface area contributed by atoms with Gasteiger partial charge in [0.1, 0.15) is 5.75 Å². The Morgan fingerprint density at radius 3 is 2.12 bits per heavy atom. The Labute approximate surface area is 257 Å². The van der Waals surface area contributed by atoms with Crippen molar-refractivity contribution in [1.29, 1.82) is 0 Å². The van der Waals surface area contributed by atoms with Crippen LogP contribution in [0.4, 0.5) is 0 Å². The first-order valence-corrected chi connectivity index (χ1v) is 16.3. The van der Waals surface area contributed by atoms with Crippen molar-refractivity contribution in [3.8, 4) is 16.9 Å². The molecule has 2 atom stereocenters. The van der Waals surface area contributed by atoms with Crippen LogP contribution in [0.3, 0.4) is 0 Å². The summed E-state index contributed by atoms with van der Waals surface area (Å²) in [6.07, 6.45) is 17.1. The zero-order valence-electron chi connectivity index (χ0n) is 27.0. The Balaban J connectivity index is 0.981. The largest absolute Gasteiger partial charge is 0.494 e. The normalized spacial score (nSPS) is 19.8. The highest BCUT2D eigenvalue weighted by atomic mass is 16.5. The van der Waals surface area contributed by atoms with Gasteiger partial charge in [-0.2, -0.15) is 0 Å². The van der Waals surface area contributed by atoms with E-state index < -0.39 is 0 Å². The van der Waals surface area contributed by atoms with Gasteiger partial charge in [-0.1, -0.05) is 91.2 Å². The van der Waals surface area contributed by atoms with E-state index in [1.807, 2.05) is 36.4 Å². The zero-order valence-corrected chi connectivity index (χ0v) is 27.0. The van der Waals surface area contributed by atoms with Gasteiger partial charge in [-0.25, -0.2) is 4.79 Å². The minimum absolute atomic E-state index is 0.00775. The van der Waals surface area contributed by atoms with E-state index in [0.717, 1.165) is 48.8 Å². The van der Waals surface area contributed by atoms with E-state index in [1.54, 1.807) is 12.4 Å². The van der Waals surface area contributed by atoms with Crippen LogP contribution in [0.1, 0.15) is 112 Å². The van der Waals surface area contributed by atoms with Crippen LogP contribution in [0, 0.1) is 16.2 Å². The number of benzene rings is 1. The SMILES string of the molecule is CC(C)(C)CC1(C)CC1(C)C(=O)OCCCCCCCCCCCCOc1ccc(-c2cc3ccncc3oc2=O)cc1. The molecule has 0 bridgehead atoms. The summed E-state index contributed by atoms with van der Waals surface area (Å²) in [6, 6.07) is 11.3. The van der Waals surface area contributed by atoms with E-state index in [0.29, 0.717) is 24.4 Å². The Morgan fingerprint density at radius 2 is 1.49 bits per heavy atom. The zero-order chi connectivity index (χ0) is 30.9. The van der Waals surface area contributed by atoms with E-state index in [1.165, 1.54) is 44.9 Å². The number of carbonyl (C=O) groups is 1. The number of pyridine rings is 1. The molecular formula is C37H51NO5. The molecule has 1 fully saturated rings. The van der Waals surface area contributed by atoms with E-state index in [-0.39, 0.29) is 27.8 Å². The quantitative estimate of drug-likeness (QED) is 0.115. The van der Waals surface area contributed by atoms with Gasteiger partial charge in [-0.3, -0.25) is 9.78 Å². The molecule has 1 aliphatic rings. The Hall–Kier alpha value is -3.15. The van der Waals surface area contributed by atoms with Crippen LogP contribution in [-0.2, 0) is 9.53 Å². The fourth-order valence-electron chi connectivity index (χ4n) is 6.51. The third-order valence-corrected chi connectivity index (χ3v) is 9.07. The number of unbranched alkanes of at least 4 members (excludes halogenated alkanes) is 9. The van der Waals surface area contributed by atoms with E-state index in [2.05, 4.69) is 39.6 Å². The first kappa shape index (κ1) is 32.8. The number of ether oxygens (including phenoxy) is 2. The van der Waals surface area contributed by atoms with E-state index in [4.69, 9.17) is 13.9 Å². The van der Waals surface area contributed by atoms with Gasteiger partial charge in [0, 0.05) is 11.6 Å². The maximum Gasteiger partial charge on any atom is 0.344 e. The van der Waals surface area contributed by atoms with Gasteiger partial charge in [0.05, 0.1) is 30.4 Å². The molecule has 0 radical (unpaired) electrons. The summed E-state index contributed by atoms with van der Waals surface area (Å²) in [5.41, 5.74) is 1.49. The summed E-state index contributed by atoms with van der Waals surface area (Å²) in [5.74, 6) is 0.821. The molecule has 0 spiro atoms. The number of esters is 1. The van der Waals surface area contributed by atoms with Crippen molar-refractivity contribution >= 4 is 16.9 Å². The smallest absolute Gasteiger partial charge is 0.344 e. The van der Waals surface area contributed by atoms with Crippen molar-refractivity contribution in [3.63, 3.8) is 0 Å². The average molecular weight is 590 g/mol. The molecule has 1 saturated carbocycles. The Kier molecular flexibility index (Phi) is 11.1. The third-order valence-electron chi connectivity index (χ3n) is 9.07. The molecule has 2 heterocycles. The van der Waals surface area contributed by atoms with Crippen LogP contribution < -0.4 is 10.4 Å². The molecule has 234 valence electrons. The lowest BCUT2D eigenvalue weighted by atomic mass is 9.79. The fourth-order valence-corrected chi connectivity index (χ4v) is 6.51. The lowest BCUT2D eigenvalue weighted by molar-refractivity contribution is -0.151. The highest BCUT2D eigenvalue weighted by molar-refractivity contribution is 5.81. The van der Waals surface area contributed by atoms with Crippen LogP contribution in [-0.4, -0.2) is 24.2 Å². The summed E-state index contributed by atoms with van der Waals surface area (Å²) in [7, 11) is 0. The minimum atomic E-state index is -0.366. The average Bonchev–Trinajstić information content (AvgIpc) is 3.51. The molecule has 0 saturated heterocycles. The number of fused-ring (bicyclic) bond motifs is 1.